The second kappa shape index (κ2) is 7.16. The fourth-order valence-corrected chi connectivity index (χ4v) is 4.71. The van der Waals surface area contributed by atoms with Gasteiger partial charge in [0.1, 0.15) is 5.82 Å². The van der Waals surface area contributed by atoms with Gasteiger partial charge in [-0.25, -0.2) is 4.98 Å². The third kappa shape index (κ3) is 3.47. The van der Waals surface area contributed by atoms with Crippen LogP contribution in [0.4, 0.5) is 11.5 Å². The van der Waals surface area contributed by atoms with Crippen molar-refractivity contribution in [3.8, 4) is 0 Å². The fourth-order valence-electron chi connectivity index (χ4n) is 3.69. The number of nitrogens with one attached hydrogen (secondary N) is 1. The highest BCUT2D eigenvalue weighted by Crippen LogP contribution is 2.30. The summed E-state index contributed by atoms with van der Waals surface area (Å²) in [5.41, 5.74) is 4.16. The van der Waals surface area contributed by atoms with Gasteiger partial charge in [0.05, 0.1) is 11.6 Å². The molecule has 1 atom stereocenters. The topological polar surface area (TPSA) is 45.2 Å². The Bertz CT molecular complexity index is 977. The smallest absolute Gasteiger partial charge is 0.259 e. The maximum atomic E-state index is 12.9. The van der Waals surface area contributed by atoms with Crippen LogP contribution in [0.1, 0.15) is 44.2 Å². The molecule has 0 radical (unpaired) electrons. The largest absolute Gasteiger partial charge is 0.364 e. The molecule has 1 N–H and O–H groups in total. The summed E-state index contributed by atoms with van der Waals surface area (Å²) in [7, 11) is 0. The second-order valence-electron chi connectivity index (χ2n) is 7.00. The van der Waals surface area contributed by atoms with Gasteiger partial charge in [0.2, 0.25) is 0 Å². The molecule has 1 aromatic carbocycles. The van der Waals surface area contributed by atoms with E-state index < -0.39 is 0 Å². The summed E-state index contributed by atoms with van der Waals surface area (Å²) in [5.74, 6) is 0.792. The van der Waals surface area contributed by atoms with Gasteiger partial charge in [-0.2, -0.15) is 0 Å². The van der Waals surface area contributed by atoms with Crippen LogP contribution in [0.15, 0.2) is 48.7 Å². The molecule has 27 heavy (non-hydrogen) atoms. The van der Waals surface area contributed by atoms with Crippen LogP contribution in [0.25, 0.3) is 0 Å². The van der Waals surface area contributed by atoms with Gasteiger partial charge in [-0.15, -0.1) is 11.3 Å². The zero-order valence-electron chi connectivity index (χ0n) is 15.8. The first kappa shape index (κ1) is 17.7. The number of aryl methyl sites for hydroxylation is 2. The molecule has 0 spiro atoms. The Balaban J connectivity index is 1.48. The number of benzene rings is 1. The molecule has 0 bridgehead atoms. The van der Waals surface area contributed by atoms with Crippen molar-refractivity contribution in [2.75, 3.05) is 16.8 Å². The Labute approximate surface area is 163 Å². The summed E-state index contributed by atoms with van der Waals surface area (Å²) < 4.78 is 0. The predicted octanol–water partition coefficient (Wildman–Crippen LogP) is 5.14. The Kier molecular flexibility index (Phi) is 4.70. The molecule has 3 heterocycles. The molecule has 0 fully saturated rings. The number of nitrogens with zero attached hydrogens (tertiary/aromatic N) is 2. The Morgan fingerprint density at radius 3 is 2.74 bits per heavy atom. The number of rotatable bonds is 4. The first-order chi connectivity index (χ1) is 13.0. The summed E-state index contributed by atoms with van der Waals surface area (Å²) in [6.45, 7) is 7.14. The van der Waals surface area contributed by atoms with E-state index >= 15 is 0 Å². The Hall–Kier alpha value is -2.66. The molecule has 0 saturated carbocycles. The molecule has 0 aliphatic carbocycles. The van der Waals surface area contributed by atoms with Gasteiger partial charge in [-0.1, -0.05) is 18.2 Å². The molecule has 1 aliphatic heterocycles. The molecule has 138 valence electrons. The van der Waals surface area contributed by atoms with Crippen molar-refractivity contribution in [3.63, 3.8) is 0 Å². The highest BCUT2D eigenvalue weighted by Gasteiger charge is 2.25. The predicted molar refractivity (Wildman–Crippen MR) is 112 cm³/mol. The Morgan fingerprint density at radius 1 is 1.22 bits per heavy atom. The van der Waals surface area contributed by atoms with Crippen molar-refractivity contribution < 1.29 is 4.79 Å². The zero-order valence-corrected chi connectivity index (χ0v) is 16.6. The molecule has 4 rings (SSSR count). The van der Waals surface area contributed by atoms with E-state index in [0.29, 0.717) is 5.56 Å². The number of aromatic nitrogens is 1. The highest BCUT2D eigenvalue weighted by atomic mass is 32.1. The van der Waals surface area contributed by atoms with Crippen LogP contribution in [-0.4, -0.2) is 17.4 Å². The maximum Gasteiger partial charge on any atom is 0.259 e. The van der Waals surface area contributed by atoms with Gasteiger partial charge in [-0.05, 0) is 62.6 Å². The molecular weight excluding hydrogens is 354 g/mol. The van der Waals surface area contributed by atoms with Crippen LogP contribution in [0.5, 0.6) is 0 Å². The normalized spacial score (nSPS) is 14.1. The van der Waals surface area contributed by atoms with Crippen LogP contribution < -0.4 is 10.2 Å². The van der Waals surface area contributed by atoms with Crippen molar-refractivity contribution in [2.45, 2.75) is 33.2 Å². The lowest BCUT2D eigenvalue weighted by Crippen LogP contribution is -2.29. The fraction of sp³-hybridized carbons (Fsp3) is 0.273. The molecule has 1 amide bonds. The molecule has 2 aromatic heterocycles. The van der Waals surface area contributed by atoms with Crippen molar-refractivity contribution >= 4 is 28.7 Å². The zero-order chi connectivity index (χ0) is 19.0. The highest BCUT2D eigenvalue weighted by molar-refractivity contribution is 7.12. The van der Waals surface area contributed by atoms with E-state index in [9.17, 15) is 4.79 Å². The number of pyridine rings is 1. The number of para-hydroxylation sites is 1. The number of carbonyl (C=O) groups is 1. The number of anilines is 2. The average Bonchev–Trinajstić information content (AvgIpc) is 3.24. The number of amides is 1. The van der Waals surface area contributed by atoms with E-state index in [2.05, 4.69) is 43.2 Å². The second-order valence-corrected chi connectivity index (χ2v) is 8.46. The monoisotopic (exact) mass is 377 g/mol. The molecule has 5 heteroatoms. The van der Waals surface area contributed by atoms with Gasteiger partial charge in [-0.3, -0.25) is 4.79 Å². The molecule has 4 nitrogen and oxygen atoms in total. The maximum absolute atomic E-state index is 12.9. The van der Waals surface area contributed by atoms with Crippen LogP contribution in [0, 0.1) is 13.8 Å². The number of carbonyl (C=O) groups excluding carboxylic acids is 1. The third-order valence-corrected chi connectivity index (χ3v) is 6.03. The van der Waals surface area contributed by atoms with E-state index in [1.54, 1.807) is 6.20 Å². The van der Waals surface area contributed by atoms with E-state index in [1.165, 1.54) is 20.9 Å². The number of hydrogen-bond acceptors (Lipinski definition) is 4. The lowest BCUT2D eigenvalue weighted by atomic mass is 10.1. The van der Waals surface area contributed by atoms with E-state index in [1.807, 2.05) is 46.6 Å². The summed E-state index contributed by atoms with van der Waals surface area (Å²) >= 11 is 1.81. The molecule has 1 aliphatic rings. The first-order valence-corrected chi connectivity index (χ1v) is 10.0. The van der Waals surface area contributed by atoms with Gasteiger partial charge < -0.3 is 10.2 Å². The molecule has 3 aromatic rings. The minimum absolute atomic E-state index is 0.0105. The van der Waals surface area contributed by atoms with Crippen LogP contribution in [-0.2, 0) is 6.42 Å². The van der Waals surface area contributed by atoms with Crippen molar-refractivity contribution in [2.24, 2.45) is 0 Å². The first-order valence-electron chi connectivity index (χ1n) is 9.22. The van der Waals surface area contributed by atoms with Crippen LogP contribution in [0.2, 0.25) is 0 Å². The minimum Gasteiger partial charge on any atom is -0.364 e. The van der Waals surface area contributed by atoms with Gasteiger partial charge in [0.25, 0.3) is 5.91 Å². The van der Waals surface area contributed by atoms with Gasteiger partial charge >= 0.3 is 0 Å². The third-order valence-electron chi connectivity index (χ3n) is 5.05. The van der Waals surface area contributed by atoms with Crippen molar-refractivity contribution in [1.29, 1.82) is 0 Å². The Morgan fingerprint density at radius 2 is 2.04 bits per heavy atom. The lowest BCUT2D eigenvalue weighted by molar-refractivity contribution is 0.0989. The lowest BCUT2D eigenvalue weighted by Gasteiger charge is -2.18. The van der Waals surface area contributed by atoms with Gasteiger partial charge in [0, 0.05) is 28.2 Å². The molecular formula is C22H23N3OS. The minimum atomic E-state index is 0.0105. The average molecular weight is 378 g/mol. The summed E-state index contributed by atoms with van der Waals surface area (Å²) in [4.78, 5) is 21.8. The van der Waals surface area contributed by atoms with Crippen molar-refractivity contribution in [1.82, 2.24) is 4.98 Å². The summed E-state index contributed by atoms with van der Waals surface area (Å²) in [6.07, 6.45) is 2.58. The van der Waals surface area contributed by atoms with Crippen molar-refractivity contribution in [3.05, 3.63) is 75.1 Å². The van der Waals surface area contributed by atoms with Gasteiger partial charge in [0.15, 0.2) is 0 Å². The quantitative estimate of drug-likeness (QED) is 0.685. The molecule has 1 unspecified atom stereocenters. The van der Waals surface area contributed by atoms with Crippen LogP contribution in [0.3, 0.4) is 0 Å². The van der Waals surface area contributed by atoms with E-state index in [-0.39, 0.29) is 11.9 Å². The standard InChI is InChI=1S/C22H23N3OS/c1-14-12-19(16(3)27-14)15(2)24-21-9-8-18(13-23-21)22(26)25-11-10-17-6-4-5-7-20(17)25/h4-9,12-13,15H,10-11H2,1-3H3,(H,23,24). The SMILES string of the molecule is Cc1cc(C(C)Nc2ccc(C(=O)N3CCc4ccccc43)cn2)c(C)s1. The summed E-state index contributed by atoms with van der Waals surface area (Å²) in [6, 6.07) is 14.2. The summed E-state index contributed by atoms with van der Waals surface area (Å²) in [5, 5.41) is 3.43. The van der Waals surface area contributed by atoms with E-state index in [4.69, 9.17) is 0 Å². The number of fused-ring (bicyclic) bond motifs is 1. The van der Waals surface area contributed by atoms with E-state index in [0.717, 1.165) is 24.5 Å². The number of thiophene rings is 1. The number of hydrogen-bond donors (Lipinski definition) is 1. The van der Waals surface area contributed by atoms with Crippen LogP contribution >= 0.6 is 11.3 Å². The molecule has 0 saturated heterocycles.